The molecule has 1 amide bonds. The molecule has 0 spiro atoms. The molecule has 1 aliphatic rings. The average Bonchev–Trinajstić information content (AvgIpc) is 2.45. The van der Waals surface area contributed by atoms with Gasteiger partial charge >= 0.3 is 0 Å². The van der Waals surface area contributed by atoms with Crippen LogP contribution in [0.5, 0.6) is 0 Å². The van der Waals surface area contributed by atoms with Gasteiger partial charge in [-0.1, -0.05) is 12.2 Å². The van der Waals surface area contributed by atoms with E-state index in [9.17, 15) is 13.2 Å². The highest BCUT2D eigenvalue weighted by Gasteiger charge is 2.33. The smallest absolute Gasteiger partial charge is 0.224 e. The van der Waals surface area contributed by atoms with Crippen molar-refractivity contribution < 1.29 is 13.2 Å². The molecule has 15 heavy (non-hydrogen) atoms. The molecule has 0 aromatic heterocycles. The van der Waals surface area contributed by atoms with Gasteiger partial charge in [0, 0.05) is 0 Å². The lowest BCUT2D eigenvalue weighted by atomic mass is 10.1. The number of nitrogens with two attached hydrogens (primary N) is 1. The summed E-state index contributed by atoms with van der Waals surface area (Å²) in [6, 6.07) is -0.393. The van der Waals surface area contributed by atoms with Crippen LogP contribution in [-0.2, 0) is 14.6 Å². The van der Waals surface area contributed by atoms with E-state index in [1.807, 2.05) is 0 Å². The summed E-state index contributed by atoms with van der Waals surface area (Å²) in [5, 5.41) is 2.59. The number of sulfone groups is 1. The maximum atomic E-state index is 11.6. The fraction of sp³-hybridized carbons (Fsp3) is 0.750. The summed E-state index contributed by atoms with van der Waals surface area (Å²) in [5.74, 6) is -0.710. The minimum absolute atomic E-state index is 0.0666. The first kappa shape index (κ1) is 12.4. The van der Waals surface area contributed by atoms with E-state index >= 15 is 0 Å². The summed E-state index contributed by atoms with van der Waals surface area (Å²) < 4.78 is 22.3. The summed E-state index contributed by atoms with van der Waals surface area (Å²) in [5.41, 5.74) is 5.33. The Balaban J connectivity index is 2.53. The fourth-order valence-corrected chi connectivity index (χ4v) is 3.20. The van der Waals surface area contributed by atoms with E-state index in [0.29, 0.717) is 6.42 Å². The van der Waals surface area contributed by atoms with E-state index in [2.05, 4.69) is 5.32 Å². The Morgan fingerprint density at radius 1 is 1.60 bits per heavy atom. The van der Waals surface area contributed by atoms with Crippen molar-refractivity contribution in [2.24, 2.45) is 11.7 Å². The number of thiocarbonyl (C=S) groups is 1. The maximum Gasteiger partial charge on any atom is 0.224 e. The predicted molar refractivity (Wildman–Crippen MR) is 61.2 cm³/mol. The van der Waals surface area contributed by atoms with E-state index in [1.54, 1.807) is 6.92 Å². The molecule has 2 unspecified atom stereocenters. The second-order valence-electron chi connectivity index (χ2n) is 3.73. The zero-order chi connectivity index (χ0) is 11.6. The number of nitrogens with one attached hydrogen (secondary N) is 1. The van der Waals surface area contributed by atoms with Crippen molar-refractivity contribution in [2.75, 3.05) is 11.5 Å². The Labute approximate surface area is 94.3 Å². The molecular formula is C8H14N2O3S2. The van der Waals surface area contributed by atoms with Gasteiger partial charge in [-0.05, 0) is 13.3 Å². The van der Waals surface area contributed by atoms with Gasteiger partial charge in [-0.2, -0.15) is 0 Å². The Morgan fingerprint density at radius 2 is 2.20 bits per heavy atom. The quantitative estimate of drug-likeness (QED) is 0.641. The summed E-state index contributed by atoms with van der Waals surface area (Å²) in [4.78, 5) is 11.8. The van der Waals surface area contributed by atoms with E-state index < -0.39 is 21.8 Å². The highest BCUT2D eigenvalue weighted by Crippen LogP contribution is 2.18. The lowest BCUT2D eigenvalue weighted by molar-refractivity contribution is -0.124. The number of hydrogen-bond acceptors (Lipinski definition) is 4. The lowest BCUT2D eigenvalue weighted by Crippen LogP contribution is -2.44. The SMILES string of the molecule is CC(NC(=O)C1CCS(=O)(=O)C1)C(N)=S. The lowest BCUT2D eigenvalue weighted by Gasteiger charge is -2.14. The minimum Gasteiger partial charge on any atom is -0.392 e. The molecule has 1 aliphatic heterocycles. The van der Waals surface area contributed by atoms with Crippen molar-refractivity contribution in [3.05, 3.63) is 0 Å². The van der Waals surface area contributed by atoms with E-state index in [1.165, 1.54) is 0 Å². The summed E-state index contributed by atoms with van der Waals surface area (Å²) in [6.45, 7) is 1.67. The van der Waals surface area contributed by atoms with E-state index in [-0.39, 0.29) is 22.4 Å². The number of hydrogen-bond donors (Lipinski definition) is 2. The summed E-state index contributed by atoms with van der Waals surface area (Å²) in [7, 11) is -3.02. The largest absolute Gasteiger partial charge is 0.392 e. The number of rotatable bonds is 3. The van der Waals surface area contributed by atoms with Gasteiger partial charge in [0.2, 0.25) is 5.91 Å². The Morgan fingerprint density at radius 3 is 2.60 bits per heavy atom. The minimum atomic E-state index is -3.02. The third-order valence-corrected chi connectivity index (χ3v) is 4.51. The standard InChI is InChI=1S/C8H14N2O3S2/c1-5(7(9)14)10-8(11)6-2-3-15(12,13)4-6/h5-6H,2-4H2,1H3,(H2,9,14)(H,10,11). The van der Waals surface area contributed by atoms with Crippen LogP contribution in [0, 0.1) is 5.92 Å². The molecule has 1 heterocycles. The van der Waals surface area contributed by atoms with Gasteiger partial charge in [-0.25, -0.2) is 8.42 Å². The van der Waals surface area contributed by atoms with Crippen molar-refractivity contribution in [2.45, 2.75) is 19.4 Å². The molecule has 0 saturated carbocycles. The van der Waals surface area contributed by atoms with Crippen molar-refractivity contribution in [1.82, 2.24) is 5.32 Å². The Kier molecular flexibility index (Phi) is 3.67. The van der Waals surface area contributed by atoms with Gasteiger partial charge in [0.25, 0.3) is 0 Å². The van der Waals surface area contributed by atoms with E-state index in [4.69, 9.17) is 18.0 Å². The first-order valence-electron chi connectivity index (χ1n) is 4.62. The average molecular weight is 250 g/mol. The van der Waals surface area contributed by atoms with Crippen molar-refractivity contribution in [1.29, 1.82) is 0 Å². The molecule has 1 fully saturated rings. The van der Waals surface area contributed by atoms with Crippen LogP contribution in [0.3, 0.4) is 0 Å². The van der Waals surface area contributed by atoms with Gasteiger partial charge in [-0.15, -0.1) is 0 Å². The molecular weight excluding hydrogens is 236 g/mol. The molecule has 2 atom stereocenters. The van der Waals surface area contributed by atoms with Crippen molar-refractivity contribution in [3.63, 3.8) is 0 Å². The Bertz CT molecular complexity index is 377. The topological polar surface area (TPSA) is 89.3 Å². The zero-order valence-electron chi connectivity index (χ0n) is 8.39. The molecule has 0 aliphatic carbocycles. The molecule has 1 rings (SSSR count). The monoisotopic (exact) mass is 250 g/mol. The normalized spacial score (nSPS) is 25.8. The predicted octanol–water partition coefficient (Wildman–Crippen LogP) is -0.788. The van der Waals surface area contributed by atoms with Gasteiger partial charge in [0.15, 0.2) is 9.84 Å². The second-order valence-corrected chi connectivity index (χ2v) is 6.43. The van der Waals surface area contributed by atoms with Gasteiger partial charge < -0.3 is 11.1 Å². The van der Waals surface area contributed by atoms with Crippen LogP contribution in [-0.4, -0.2) is 36.9 Å². The van der Waals surface area contributed by atoms with Gasteiger partial charge in [0.1, 0.15) is 0 Å². The first-order chi connectivity index (χ1) is 6.82. The number of amides is 1. The molecule has 3 N–H and O–H groups in total. The van der Waals surface area contributed by atoms with Gasteiger partial charge in [-0.3, -0.25) is 4.79 Å². The third kappa shape index (κ3) is 3.42. The number of carbonyl (C=O) groups is 1. The van der Waals surface area contributed by atoms with Crippen molar-refractivity contribution in [3.8, 4) is 0 Å². The maximum absolute atomic E-state index is 11.6. The molecule has 86 valence electrons. The van der Waals surface area contributed by atoms with Crippen LogP contribution in [0.1, 0.15) is 13.3 Å². The molecule has 0 radical (unpaired) electrons. The van der Waals surface area contributed by atoms with E-state index in [0.717, 1.165) is 0 Å². The first-order valence-corrected chi connectivity index (χ1v) is 6.85. The molecule has 1 saturated heterocycles. The second kappa shape index (κ2) is 4.44. The molecule has 0 aromatic rings. The van der Waals surface area contributed by atoms with Crippen LogP contribution in [0.4, 0.5) is 0 Å². The fourth-order valence-electron chi connectivity index (χ4n) is 1.40. The number of carbonyl (C=O) groups excluding carboxylic acids is 1. The van der Waals surface area contributed by atoms with Crippen LogP contribution in [0.2, 0.25) is 0 Å². The summed E-state index contributed by atoms with van der Waals surface area (Å²) >= 11 is 4.70. The molecule has 0 aromatic carbocycles. The van der Waals surface area contributed by atoms with Crippen LogP contribution in [0.15, 0.2) is 0 Å². The van der Waals surface area contributed by atoms with Crippen LogP contribution in [0.25, 0.3) is 0 Å². The van der Waals surface area contributed by atoms with Crippen LogP contribution >= 0.6 is 12.2 Å². The zero-order valence-corrected chi connectivity index (χ0v) is 10.0. The highest BCUT2D eigenvalue weighted by molar-refractivity contribution is 7.91. The molecule has 7 heteroatoms. The Hall–Kier alpha value is -0.690. The van der Waals surface area contributed by atoms with Crippen molar-refractivity contribution >= 4 is 33.0 Å². The summed E-state index contributed by atoms with van der Waals surface area (Å²) in [6.07, 6.45) is 0.387. The van der Waals surface area contributed by atoms with Crippen LogP contribution < -0.4 is 11.1 Å². The highest BCUT2D eigenvalue weighted by atomic mass is 32.2. The molecule has 0 bridgehead atoms. The van der Waals surface area contributed by atoms with Gasteiger partial charge in [0.05, 0.1) is 28.5 Å². The molecule has 5 nitrogen and oxygen atoms in total. The third-order valence-electron chi connectivity index (χ3n) is 2.39.